The van der Waals surface area contributed by atoms with E-state index in [1.807, 2.05) is 30.3 Å². The number of carbonyl (C=O) groups excluding carboxylic acids is 1. The highest BCUT2D eigenvalue weighted by molar-refractivity contribution is 8.01. The van der Waals surface area contributed by atoms with Crippen LogP contribution in [0.2, 0.25) is 0 Å². The van der Waals surface area contributed by atoms with Gasteiger partial charge in [-0.15, -0.1) is 10.2 Å². The average Bonchev–Trinajstić information content (AvgIpc) is 3.30. The van der Waals surface area contributed by atoms with E-state index in [-0.39, 0.29) is 5.91 Å². The van der Waals surface area contributed by atoms with Crippen molar-refractivity contribution in [2.24, 2.45) is 5.10 Å². The first-order valence-electron chi connectivity index (χ1n) is 8.39. The maximum absolute atomic E-state index is 12.4. The molecule has 1 N–H and O–H groups in total. The molecule has 0 atom stereocenters. The Bertz CT molecular complexity index is 732. The van der Waals surface area contributed by atoms with E-state index in [1.165, 1.54) is 23.1 Å². The number of amides is 1. The summed E-state index contributed by atoms with van der Waals surface area (Å²) in [7, 11) is 0. The third kappa shape index (κ3) is 5.02. The van der Waals surface area contributed by atoms with E-state index >= 15 is 0 Å². The smallest absolute Gasteiger partial charge is 0.253 e. The molecule has 1 aromatic heterocycles. The third-order valence-electron chi connectivity index (χ3n) is 3.73. The zero-order valence-corrected chi connectivity index (χ0v) is 15.8. The molecule has 2 aromatic rings. The quantitative estimate of drug-likeness (QED) is 0.565. The van der Waals surface area contributed by atoms with Crippen LogP contribution in [0.1, 0.15) is 31.7 Å². The molecule has 1 aromatic carbocycles. The fourth-order valence-corrected chi connectivity index (χ4v) is 4.03. The van der Waals surface area contributed by atoms with Gasteiger partial charge in [0, 0.05) is 13.0 Å². The maximum Gasteiger partial charge on any atom is 0.253 e. The van der Waals surface area contributed by atoms with Crippen LogP contribution < -0.4 is 5.32 Å². The molecular formula is C17H21N5OS2. The van der Waals surface area contributed by atoms with Crippen molar-refractivity contribution >= 4 is 39.8 Å². The first kappa shape index (κ1) is 17.9. The average molecular weight is 376 g/mol. The number of benzene rings is 1. The first-order chi connectivity index (χ1) is 12.3. The summed E-state index contributed by atoms with van der Waals surface area (Å²) in [6.45, 7) is 3.70. The second-order valence-corrected chi connectivity index (χ2v) is 7.82. The van der Waals surface area contributed by atoms with Gasteiger partial charge in [-0.3, -0.25) is 4.79 Å². The number of rotatable bonds is 8. The third-order valence-corrected chi connectivity index (χ3v) is 5.73. The van der Waals surface area contributed by atoms with Gasteiger partial charge in [-0.25, -0.2) is 5.01 Å². The van der Waals surface area contributed by atoms with Gasteiger partial charge in [0.15, 0.2) is 4.34 Å². The lowest BCUT2D eigenvalue weighted by Gasteiger charge is -2.09. The zero-order valence-electron chi connectivity index (χ0n) is 14.1. The van der Waals surface area contributed by atoms with Gasteiger partial charge < -0.3 is 5.32 Å². The standard InChI is InChI=1S/C17H21N5OS2/c1-2-3-10-18-16-19-20-17(25-16)24-12-15(23)22-11-9-14(21-22)13-7-5-4-6-8-13/h4-8H,2-3,9-12H2,1H3,(H,18,19). The van der Waals surface area contributed by atoms with Crippen molar-refractivity contribution in [3.63, 3.8) is 0 Å². The zero-order chi connectivity index (χ0) is 17.5. The van der Waals surface area contributed by atoms with Crippen molar-refractivity contribution in [1.29, 1.82) is 0 Å². The van der Waals surface area contributed by atoms with Crippen LogP contribution in [0.5, 0.6) is 0 Å². The van der Waals surface area contributed by atoms with Gasteiger partial charge in [-0.2, -0.15) is 5.10 Å². The first-order valence-corrected chi connectivity index (χ1v) is 10.2. The summed E-state index contributed by atoms with van der Waals surface area (Å²) in [4.78, 5) is 12.4. The summed E-state index contributed by atoms with van der Waals surface area (Å²) in [6.07, 6.45) is 3.05. The lowest BCUT2D eigenvalue weighted by molar-refractivity contribution is -0.127. The summed E-state index contributed by atoms with van der Waals surface area (Å²) in [6, 6.07) is 10.00. The normalized spacial score (nSPS) is 13.8. The predicted molar refractivity (Wildman–Crippen MR) is 103 cm³/mol. The van der Waals surface area contributed by atoms with Gasteiger partial charge in [-0.1, -0.05) is 66.8 Å². The van der Waals surface area contributed by atoms with Gasteiger partial charge in [-0.05, 0) is 12.0 Å². The molecule has 0 radical (unpaired) electrons. The van der Waals surface area contributed by atoms with Crippen molar-refractivity contribution in [2.45, 2.75) is 30.5 Å². The highest BCUT2D eigenvalue weighted by atomic mass is 32.2. The van der Waals surface area contributed by atoms with Crippen LogP contribution >= 0.6 is 23.1 Å². The summed E-state index contributed by atoms with van der Waals surface area (Å²) in [5.41, 5.74) is 2.05. The Hall–Kier alpha value is -1.93. The Morgan fingerprint density at radius 3 is 2.96 bits per heavy atom. The fraction of sp³-hybridized carbons (Fsp3) is 0.412. The minimum absolute atomic E-state index is 0.00613. The van der Waals surface area contributed by atoms with E-state index in [0.717, 1.165) is 46.6 Å². The molecule has 0 saturated carbocycles. The summed E-state index contributed by atoms with van der Waals surface area (Å²) < 4.78 is 0.804. The number of aromatic nitrogens is 2. The van der Waals surface area contributed by atoms with Crippen molar-refractivity contribution in [3.8, 4) is 0 Å². The van der Waals surface area contributed by atoms with Crippen LogP contribution in [0.3, 0.4) is 0 Å². The Morgan fingerprint density at radius 2 is 2.16 bits per heavy atom. The predicted octanol–water partition coefficient (Wildman–Crippen LogP) is 3.48. The molecule has 2 heterocycles. The molecule has 0 fully saturated rings. The molecule has 132 valence electrons. The van der Waals surface area contributed by atoms with Gasteiger partial charge in [0.25, 0.3) is 5.91 Å². The van der Waals surface area contributed by atoms with Gasteiger partial charge >= 0.3 is 0 Å². The summed E-state index contributed by atoms with van der Waals surface area (Å²) >= 11 is 2.91. The number of thioether (sulfide) groups is 1. The van der Waals surface area contributed by atoms with E-state index < -0.39 is 0 Å². The largest absolute Gasteiger partial charge is 0.360 e. The number of hydrazone groups is 1. The number of anilines is 1. The lowest BCUT2D eigenvalue weighted by atomic mass is 10.1. The van der Waals surface area contributed by atoms with E-state index in [2.05, 4.69) is 27.5 Å². The van der Waals surface area contributed by atoms with Crippen molar-refractivity contribution in [3.05, 3.63) is 35.9 Å². The summed E-state index contributed by atoms with van der Waals surface area (Å²) in [5.74, 6) is 0.335. The van der Waals surface area contributed by atoms with Crippen molar-refractivity contribution in [1.82, 2.24) is 15.2 Å². The molecule has 25 heavy (non-hydrogen) atoms. The highest BCUT2D eigenvalue weighted by Gasteiger charge is 2.21. The Kier molecular flexibility index (Phi) is 6.41. The van der Waals surface area contributed by atoms with Crippen LogP contribution in [0, 0.1) is 0 Å². The molecular weight excluding hydrogens is 354 g/mol. The Morgan fingerprint density at radius 1 is 1.32 bits per heavy atom. The molecule has 6 nitrogen and oxygen atoms in total. The van der Waals surface area contributed by atoms with Gasteiger partial charge in [0.2, 0.25) is 5.13 Å². The van der Waals surface area contributed by atoms with Crippen LogP contribution in [0.25, 0.3) is 0 Å². The Labute approximate surface area is 155 Å². The van der Waals surface area contributed by atoms with Gasteiger partial charge in [0.05, 0.1) is 18.0 Å². The summed E-state index contributed by atoms with van der Waals surface area (Å²) in [5, 5.41) is 18.3. The molecule has 3 rings (SSSR count). The topological polar surface area (TPSA) is 70.5 Å². The van der Waals surface area contributed by atoms with Crippen LogP contribution in [0.15, 0.2) is 39.8 Å². The number of nitrogens with zero attached hydrogens (tertiary/aromatic N) is 4. The molecule has 0 unspecified atom stereocenters. The molecule has 1 aliphatic rings. The van der Waals surface area contributed by atoms with Gasteiger partial charge in [0.1, 0.15) is 0 Å². The van der Waals surface area contributed by atoms with Crippen molar-refractivity contribution in [2.75, 3.05) is 24.2 Å². The van der Waals surface area contributed by atoms with Crippen LogP contribution in [-0.2, 0) is 4.79 Å². The number of unbranched alkanes of at least 4 members (excludes halogenated alkanes) is 1. The Balaban J connectivity index is 1.49. The molecule has 0 saturated heterocycles. The van der Waals surface area contributed by atoms with E-state index in [4.69, 9.17) is 0 Å². The molecule has 1 amide bonds. The molecule has 0 bridgehead atoms. The second kappa shape index (κ2) is 8.96. The molecule has 8 heteroatoms. The number of nitrogens with one attached hydrogen (secondary N) is 1. The maximum atomic E-state index is 12.4. The molecule has 0 aliphatic carbocycles. The molecule has 0 spiro atoms. The second-order valence-electron chi connectivity index (χ2n) is 5.62. The van der Waals surface area contributed by atoms with Crippen molar-refractivity contribution < 1.29 is 4.79 Å². The number of hydrogen-bond acceptors (Lipinski definition) is 7. The lowest BCUT2D eigenvalue weighted by Crippen LogP contribution is -2.25. The number of carbonyl (C=O) groups is 1. The van der Waals surface area contributed by atoms with E-state index in [9.17, 15) is 4.79 Å². The van der Waals surface area contributed by atoms with E-state index in [0.29, 0.717) is 12.3 Å². The van der Waals surface area contributed by atoms with Crippen LogP contribution in [0.4, 0.5) is 5.13 Å². The van der Waals surface area contributed by atoms with E-state index in [1.54, 1.807) is 5.01 Å². The molecule has 1 aliphatic heterocycles. The highest BCUT2D eigenvalue weighted by Crippen LogP contribution is 2.26. The number of hydrogen-bond donors (Lipinski definition) is 1. The van der Waals surface area contributed by atoms with Crippen LogP contribution in [-0.4, -0.2) is 45.7 Å². The minimum atomic E-state index is 0.00613. The minimum Gasteiger partial charge on any atom is -0.360 e. The SMILES string of the molecule is CCCCNc1nnc(SCC(=O)N2CCC(c3ccccc3)=N2)s1. The fourth-order valence-electron chi connectivity index (χ4n) is 2.38. The monoisotopic (exact) mass is 375 g/mol.